The summed E-state index contributed by atoms with van der Waals surface area (Å²) in [6.45, 7) is 6.89. The zero-order chi connectivity index (χ0) is 25.9. The second-order valence-corrected chi connectivity index (χ2v) is 9.34. The third kappa shape index (κ3) is 5.11. The van der Waals surface area contributed by atoms with E-state index in [4.69, 9.17) is 9.36 Å². The molecule has 11 nitrogen and oxygen atoms in total. The summed E-state index contributed by atoms with van der Waals surface area (Å²) in [5, 5.41) is 22.4. The molecule has 11 heteroatoms. The predicted octanol–water partition coefficient (Wildman–Crippen LogP) is 5.23. The minimum absolute atomic E-state index is 0.0991. The summed E-state index contributed by atoms with van der Waals surface area (Å²) < 4.78 is 5.45. The van der Waals surface area contributed by atoms with Gasteiger partial charge in [0.1, 0.15) is 6.33 Å². The number of nitro groups is 1. The number of piperidine rings is 1. The van der Waals surface area contributed by atoms with Crippen LogP contribution in [-0.2, 0) is 0 Å². The van der Waals surface area contributed by atoms with Gasteiger partial charge in [0.15, 0.2) is 5.82 Å². The normalized spacial score (nSPS) is 14.9. The summed E-state index contributed by atoms with van der Waals surface area (Å²) in [4.78, 5) is 31.6. The Morgan fingerprint density at radius 1 is 1.16 bits per heavy atom. The molecule has 1 fully saturated rings. The Bertz CT molecular complexity index is 1460. The summed E-state index contributed by atoms with van der Waals surface area (Å²) in [6, 6.07) is 13.9. The quantitative estimate of drug-likeness (QED) is 0.189. The van der Waals surface area contributed by atoms with E-state index in [1.807, 2.05) is 61.2 Å². The highest BCUT2D eigenvalue weighted by molar-refractivity contribution is 6.01. The molecular formula is C26H27N7O4. The molecule has 190 valence electrons. The van der Waals surface area contributed by atoms with Crippen molar-refractivity contribution in [1.82, 2.24) is 20.1 Å². The highest BCUT2D eigenvalue weighted by atomic mass is 16.7. The molecule has 3 heterocycles. The first-order chi connectivity index (χ1) is 17.9. The second-order valence-electron chi connectivity index (χ2n) is 9.34. The smallest absolute Gasteiger partial charge is 0.351 e. The standard InChI is InChI=1S/C26H27N7O4/c1-16(2)23-29-25(36-31-23)19-10-12-32(13-11-19)24-22(33(34)35)26(28-15-27-24)37-30-17(3)20-9-8-18-6-4-5-7-21(18)14-20/h4-9,14-16,19H,10-13H2,1-3H3. The summed E-state index contributed by atoms with van der Waals surface area (Å²) >= 11 is 0. The lowest BCUT2D eigenvalue weighted by Crippen LogP contribution is -2.34. The maximum absolute atomic E-state index is 12.0. The topological polar surface area (TPSA) is 133 Å². The molecule has 0 radical (unpaired) electrons. The van der Waals surface area contributed by atoms with Crippen LogP contribution < -0.4 is 9.74 Å². The Morgan fingerprint density at radius 3 is 2.62 bits per heavy atom. The Labute approximate surface area is 213 Å². The molecule has 0 N–H and O–H groups in total. The van der Waals surface area contributed by atoms with Crippen LogP contribution in [0.5, 0.6) is 5.88 Å². The Hall–Kier alpha value is -4.41. The summed E-state index contributed by atoms with van der Waals surface area (Å²) in [6.07, 6.45) is 2.67. The first kappa shape index (κ1) is 24.3. The van der Waals surface area contributed by atoms with E-state index in [0.717, 1.165) is 16.3 Å². The zero-order valence-corrected chi connectivity index (χ0v) is 20.9. The van der Waals surface area contributed by atoms with Crippen molar-refractivity contribution in [3.8, 4) is 5.88 Å². The van der Waals surface area contributed by atoms with Crippen molar-refractivity contribution in [2.45, 2.75) is 45.4 Å². The van der Waals surface area contributed by atoms with Gasteiger partial charge < -0.3 is 14.3 Å². The van der Waals surface area contributed by atoms with Gasteiger partial charge in [-0.05, 0) is 42.2 Å². The number of hydrogen-bond donors (Lipinski definition) is 0. The van der Waals surface area contributed by atoms with Crippen LogP contribution in [0.1, 0.15) is 62.7 Å². The van der Waals surface area contributed by atoms with Crippen molar-refractivity contribution in [2.75, 3.05) is 18.0 Å². The summed E-state index contributed by atoms with van der Waals surface area (Å²) in [5.41, 5.74) is 1.11. The van der Waals surface area contributed by atoms with Crippen LogP contribution in [0.4, 0.5) is 11.5 Å². The van der Waals surface area contributed by atoms with Crippen molar-refractivity contribution < 1.29 is 14.3 Å². The number of nitrogens with zero attached hydrogens (tertiary/aromatic N) is 7. The lowest BCUT2D eigenvalue weighted by molar-refractivity contribution is -0.385. The maximum atomic E-state index is 12.0. The molecule has 1 saturated heterocycles. The Morgan fingerprint density at radius 2 is 1.92 bits per heavy atom. The van der Waals surface area contributed by atoms with E-state index in [9.17, 15) is 10.1 Å². The van der Waals surface area contributed by atoms with Crippen LogP contribution >= 0.6 is 0 Å². The minimum atomic E-state index is -0.523. The molecule has 1 aliphatic rings. The fourth-order valence-corrected chi connectivity index (χ4v) is 4.38. The van der Waals surface area contributed by atoms with Gasteiger partial charge in [-0.3, -0.25) is 10.1 Å². The van der Waals surface area contributed by atoms with Crippen LogP contribution in [0, 0.1) is 10.1 Å². The molecule has 0 bridgehead atoms. The molecular weight excluding hydrogens is 474 g/mol. The van der Waals surface area contributed by atoms with Crippen molar-refractivity contribution in [3.63, 3.8) is 0 Å². The lowest BCUT2D eigenvalue weighted by atomic mass is 9.96. The van der Waals surface area contributed by atoms with Gasteiger partial charge in [-0.1, -0.05) is 60.6 Å². The molecule has 0 atom stereocenters. The molecule has 4 aromatic rings. The van der Waals surface area contributed by atoms with E-state index in [-0.39, 0.29) is 29.2 Å². The SMILES string of the molecule is CC(=NOc1ncnc(N2CCC(c3nc(C(C)C)no3)CC2)c1[N+](=O)[O-])c1ccc2ccccc2c1. The predicted molar refractivity (Wildman–Crippen MR) is 138 cm³/mol. The van der Waals surface area contributed by atoms with Crippen molar-refractivity contribution in [2.24, 2.45) is 5.16 Å². The molecule has 0 spiro atoms. The van der Waals surface area contributed by atoms with Crippen LogP contribution in [0.25, 0.3) is 10.8 Å². The van der Waals surface area contributed by atoms with Gasteiger partial charge in [-0.25, -0.2) is 4.98 Å². The number of hydrogen-bond acceptors (Lipinski definition) is 10. The van der Waals surface area contributed by atoms with E-state index in [1.54, 1.807) is 6.92 Å². The number of anilines is 1. The maximum Gasteiger partial charge on any atom is 0.375 e. The van der Waals surface area contributed by atoms with Gasteiger partial charge in [0, 0.05) is 24.9 Å². The molecule has 2 aromatic carbocycles. The largest absolute Gasteiger partial charge is 0.375 e. The summed E-state index contributed by atoms with van der Waals surface area (Å²) in [5.74, 6) is 1.60. The van der Waals surface area contributed by atoms with Gasteiger partial charge in [0.05, 0.1) is 10.6 Å². The number of oxime groups is 1. The zero-order valence-electron chi connectivity index (χ0n) is 20.9. The highest BCUT2D eigenvalue weighted by Crippen LogP contribution is 2.37. The molecule has 0 unspecified atom stereocenters. The molecule has 0 saturated carbocycles. The van der Waals surface area contributed by atoms with Crippen LogP contribution in [0.2, 0.25) is 0 Å². The molecule has 1 aliphatic heterocycles. The van der Waals surface area contributed by atoms with Crippen molar-refractivity contribution in [1.29, 1.82) is 0 Å². The Balaban J connectivity index is 1.33. The average molecular weight is 502 g/mol. The van der Waals surface area contributed by atoms with Crippen molar-refractivity contribution in [3.05, 3.63) is 76.2 Å². The van der Waals surface area contributed by atoms with Crippen LogP contribution in [0.3, 0.4) is 0 Å². The van der Waals surface area contributed by atoms with Gasteiger partial charge in [-0.15, -0.1) is 0 Å². The molecule has 2 aromatic heterocycles. The summed E-state index contributed by atoms with van der Waals surface area (Å²) in [7, 11) is 0. The number of aromatic nitrogens is 4. The second kappa shape index (κ2) is 10.3. The third-order valence-corrected chi connectivity index (χ3v) is 6.51. The van der Waals surface area contributed by atoms with Gasteiger partial charge in [-0.2, -0.15) is 9.97 Å². The van der Waals surface area contributed by atoms with E-state index < -0.39 is 4.92 Å². The molecule has 0 aliphatic carbocycles. The fourth-order valence-electron chi connectivity index (χ4n) is 4.38. The van der Waals surface area contributed by atoms with Gasteiger partial charge in [0.2, 0.25) is 11.7 Å². The van der Waals surface area contributed by atoms with Gasteiger partial charge in [0.25, 0.3) is 0 Å². The van der Waals surface area contributed by atoms with E-state index >= 15 is 0 Å². The number of rotatable bonds is 7. The molecule has 37 heavy (non-hydrogen) atoms. The van der Waals surface area contributed by atoms with Crippen LogP contribution in [-0.4, -0.2) is 43.8 Å². The Kier molecular flexibility index (Phi) is 6.76. The van der Waals surface area contributed by atoms with E-state index in [2.05, 4.69) is 25.3 Å². The van der Waals surface area contributed by atoms with Crippen LogP contribution in [0.15, 0.2) is 58.5 Å². The van der Waals surface area contributed by atoms with Gasteiger partial charge >= 0.3 is 11.6 Å². The number of fused-ring (bicyclic) bond motifs is 1. The monoisotopic (exact) mass is 501 g/mol. The molecule has 0 amide bonds. The first-order valence-electron chi connectivity index (χ1n) is 12.2. The third-order valence-electron chi connectivity index (χ3n) is 6.51. The van der Waals surface area contributed by atoms with E-state index in [1.165, 1.54) is 6.33 Å². The minimum Gasteiger partial charge on any atom is -0.351 e. The van der Waals surface area contributed by atoms with Crippen molar-refractivity contribution >= 4 is 28.0 Å². The first-order valence-corrected chi connectivity index (χ1v) is 12.2. The highest BCUT2D eigenvalue weighted by Gasteiger charge is 2.33. The van der Waals surface area contributed by atoms with E-state index in [0.29, 0.717) is 43.4 Å². The number of benzene rings is 2. The fraction of sp³-hybridized carbons (Fsp3) is 0.346. The average Bonchev–Trinajstić information content (AvgIpc) is 3.42. The molecule has 5 rings (SSSR count). The lowest BCUT2D eigenvalue weighted by Gasteiger charge is -2.30.